The monoisotopic (exact) mass is 308 g/mol. The van der Waals surface area contributed by atoms with Crippen LogP contribution in [0.2, 0.25) is 5.02 Å². The summed E-state index contributed by atoms with van der Waals surface area (Å²) >= 11 is 5.70. The zero-order chi connectivity index (χ0) is 15.6. The minimum atomic E-state index is -0.932. The van der Waals surface area contributed by atoms with Crippen LogP contribution in [0.5, 0.6) is 5.75 Å². The molecule has 0 aliphatic heterocycles. The molecule has 2 aromatic rings. The number of pyridine rings is 1. The Kier molecular flexibility index (Phi) is 4.04. The molecule has 0 atom stereocenters. The summed E-state index contributed by atoms with van der Waals surface area (Å²) in [5.41, 5.74) is -1.25. The minimum absolute atomic E-state index is 0.159. The number of H-pyrrole nitrogens is 1. The molecular formula is C13H9ClN2O5. The molecule has 0 aliphatic carbocycles. The number of hydrogen-bond acceptors (Lipinski definition) is 5. The molecule has 0 fully saturated rings. The van der Waals surface area contributed by atoms with E-state index in [0.717, 1.165) is 0 Å². The molecule has 0 unspecified atom stereocenters. The first-order valence-corrected chi connectivity index (χ1v) is 6.12. The normalized spacial score (nSPS) is 10.2. The Morgan fingerprint density at radius 2 is 1.95 bits per heavy atom. The Balaban J connectivity index is 2.39. The summed E-state index contributed by atoms with van der Waals surface area (Å²) in [5, 5.41) is 11.3. The maximum Gasteiger partial charge on any atom is 0.376 e. The second kappa shape index (κ2) is 5.76. The van der Waals surface area contributed by atoms with Crippen molar-refractivity contribution in [3.63, 3.8) is 0 Å². The van der Waals surface area contributed by atoms with E-state index in [-0.39, 0.29) is 5.56 Å². The van der Waals surface area contributed by atoms with Crippen molar-refractivity contribution in [3.8, 4) is 5.75 Å². The number of aryl methyl sites for hydroxylation is 1. The van der Waals surface area contributed by atoms with Gasteiger partial charge >= 0.3 is 17.2 Å². The SMILES string of the molecule is Cc1cc(OC(=O)c2ccc(Cl)cc2)c([N+](=O)[O-])c(=O)[nH]1. The van der Waals surface area contributed by atoms with Crippen LogP contribution in [0.1, 0.15) is 16.1 Å². The van der Waals surface area contributed by atoms with Gasteiger partial charge in [0.05, 0.1) is 10.5 Å². The molecule has 8 heteroatoms. The zero-order valence-corrected chi connectivity index (χ0v) is 11.5. The van der Waals surface area contributed by atoms with Gasteiger partial charge in [-0.2, -0.15) is 0 Å². The second-order valence-corrected chi connectivity index (χ2v) is 4.58. The number of carbonyl (C=O) groups is 1. The zero-order valence-electron chi connectivity index (χ0n) is 10.8. The molecule has 1 aromatic heterocycles. The van der Waals surface area contributed by atoms with E-state index in [1.165, 1.54) is 37.3 Å². The molecule has 0 bridgehead atoms. The third kappa shape index (κ3) is 3.26. The third-order valence-electron chi connectivity index (χ3n) is 2.57. The minimum Gasteiger partial charge on any atom is -0.415 e. The summed E-state index contributed by atoms with van der Waals surface area (Å²) in [7, 11) is 0. The summed E-state index contributed by atoms with van der Waals surface area (Å²) in [4.78, 5) is 35.7. The average Bonchev–Trinajstić information content (AvgIpc) is 2.37. The van der Waals surface area contributed by atoms with E-state index >= 15 is 0 Å². The van der Waals surface area contributed by atoms with E-state index in [1.54, 1.807) is 0 Å². The van der Waals surface area contributed by atoms with Gasteiger partial charge in [0, 0.05) is 16.8 Å². The van der Waals surface area contributed by atoms with E-state index in [2.05, 4.69) is 4.98 Å². The van der Waals surface area contributed by atoms with Crippen molar-refractivity contribution in [1.29, 1.82) is 0 Å². The first kappa shape index (κ1) is 14.7. The summed E-state index contributed by atoms with van der Waals surface area (Å²) in [5.74, 6) is -1.22. The van der Waals surface area contributed by atoms with Crippen molar-refractivity contribution in [3.05, 3.63) is 67.1 Å². The molecule has 0 saturated heterocycles. The van der Waals surface area contributed by atoms with Gasteiger partial charge in [-0.3, -0.25) is 14.9 Å². The van der Waals surface area contributed by atoms with Crippen LogP contribution in [0.25, 0.3) is 0 Å². The first-order chi connectivity index (χ1) is 9.88. The number of nitro groups is 1. The number of hydrogen-bond donors (Lipinski definition) is 1. The van der Waals surface area contributed by atoms with Crippen molar-refractivity contribution in [2.24, 2.45) is 0 Å². The number of ether oxygens (including phenoxy) is 1. The van der Waals surface area contributed by atoms with Crippen molar-refractivity contribution in [2.75, 3.05) is 0 Å². The van der Waals surface area contributed by atoms with Gasteiger partial charge in [0.2, 0.25) is 5.75 Å². The number of benzene rings is 1. The lowest BCUT2D eigenvalue weighted by molar-refractivity contribution is -0.387. The largest absolute Gasteiger partial charge is 0.415 e. The van der Waals surface area contributed by atoms with Crippen molar-refractivity contribution in [2.45, 2.75) is 6.92 Å². The molecule has 0 radical (unpaired) electrons. The summed E-state index contributed by atoms with van der Waals surface area (Å²) in [6, 6.07) is 7.01. The van der Waals surface area contributed by atoms with Crippen LogP contribution in [0.4, 0.5) is 5.69 Å². The fourth-order valence-electron chi connectivity index (χ4n) is 1.65. The van der Waals surface area contributed by atoms with Crippen LogP contribution in [-0.2, 0) is 0 Å². The molecule has 108 valence electrons. The standard InChI is InChI=1S/C13H9ClN2O5/c1-7-6-10(11(16(19)20)12(17)15-7)21-13(18)8-2-4-9(14)5-3-8/h2-6H,1H3,(H,15,17). The van der Waals surface area contributed by atoms with Gasteiger partial charge in [-0.15, -0.1) is 0 Å². The molecule has 0 spiro atoms. The molecule has 0 amide bonds. The van der Waals surface area contributed by atoms with E-state index in [9.17, 15) is 19.7 Å². The molecule has 2 rings (SSSR count). The summed E-state index contributed by atoms with van der Waals surface area (Å²) < 4.78 is 4.95. The number of halogens is 1. The molecule has 1 N–H and O–H groups in total. The molecule has 7 nitrogen and oxygen atoms in total. The number of aromatic nitrogens is 1. The van der Waals surface area contributed by atoms with Crippen molar-refractivity contribution < 1.29 is 14.5 Å². The highest BCUT2D eigenvalue weighted by Gasteiger charge is 2.24. The Hall–Kier alpha value is -2.67. The van der Waals surface area contributed by atoms with Crippen LogP contribution >= 0.6 is 11.6 Å². The van der Waals surface area contributed by atoms with Gasteiger partial charge in [0.15, 0.2) is 0 Å². The lowest BCUT2D eigenvalue weighted by atomic mass is 10.2. The second-order valence-electron chi connectivity index (χ2n) is 4.15. The highest BCUT2D eigenvalue weighted by Crippen LogP contribution is 2.24. The highest BCUT2D eigenvalue weighted by molar-refractivity contribution is 6.30. The van der Waals surface area contributed by atoms with Crippen LogP contribution in [0.15, 0.2) is 35.1 Å². The first-order valence-electron chi connectivity index (χ1n) is 5.74. The smallest absolute Gasteiger partial charge is 0.376 e. The fourth-order valence-corrected chi connectivity index (χ4v) is 1.77. The number of esters is 1. The maximum absolute atomic E-state index is 11.9. The molecule has 0 aliphatic rings. The van der Waals surface area contributed by atoms with E-state index in [4.69, 9.17) is 16.3 Å². The molecule has 1 aromatic carbocycles. The molecule has 21 heavy (non-hydrogen) atoms. The maximum atomic E-state index is 11.9. The van der Waals surface area contributed by atoms with Crippen LogP contribution in [-0.4, -0.2) is 15.9 Å². The quantitative estimate of drug-likeness (QED) is 0.533. The Morgan fingerprint density at radius 1 is 1.33 bits per heavy atom. The fraction of sp³-hybridized carbons (Fsp3) is 0.0769. The topological polar surface area (TPSA) is 102 Å². The summed E-state index contributed by atoms with van der Waals surface area (Å²) in [6.07, 6.45) is 0. The van der Waals surface area contributed by atoms with Gasteiger partial charge in [-0.1, -0.05) is 11.6 Å². The van der Waals surface area contributed by atoms with Gasteiger partial charge in [0.25, 0.3) is 0 Å². The van der Waals surface area contributed by atoms with Crippen LogP contribution in [0.3, 0.4) is 0 Å². The molecule has 0 saturated carbocycles. The van der Waals surface area contributed by atoms with Gasteiger partial charge in [0.1, 0.15) is 0 Å². The van der Waals surface area contributed by atoms with E-state index in [1.807, 2.05) is 0 Å². The van der Waals surface area contributed by atoms with Crippen molar-refractivity contribution >= 4 is 23.3 Å². The van der Waals surface area contributed by atoms with Gasteiger partial charge in [-0.25, -0.2) is 4.79 Å². The highest BCUT2D eigenvalue weighted by atomic mass is 35.5. The van der Waals surface area contributed by atoms with Crippen LogP contribution in [0, 0.1) is 17.0 Å². The number of carbonyl (C=O) groups excluding carboxylic acids is 1. The Morgan fingerprint density at radius 3 is 2.52 bits per heavy atom. The number of nitrogens with one attached hydrogen (secondary N) is 1. The van der Waals surface area contributed by atoms with Gasteiger partial charge < -0.3 is 9.72 Å². The van der Waals surface area contributed by atoms with Crippen molar-refractivity contribution in [1.82, 2.24) is 4.98 Å². The number of aromatic amines is 1. The Labute approximate surface area is 123 Å². The lowest BCUT2D eigenvalue weighted by Gasteiger charge is -2.05. The van der Waals surface area contributed by atoms with Gasteiger partial charge in [-0.05, 0) is 31.2 Å². The average molecular weight is 309 g/mol. The third-order valence-corrected chi connectivity index (χ3v) is 2.82. The molecule has 1 heterocycles. The number of rotatable bonds is 3. The van der Waals surface area contributed by atoms with E-state index in [0.29, 0.717) is 10.7 Å². The predicted molar refractivity (Wildman–Crippen MR) is 74.9 cm³/mol. The lowest BCUT2D eigenvalue weighted by Crippen LogP contribution is -2.17. The van der Waals surface area contributed by atoms with E-state index < -0.39 is 27.9 Å². The Bertz CT molecular complexity index is 767. The van der Waals surface area contributed by atoms with Crippen LogP contribution < -0.4 is 10.3 Å². The number of nitrogens with zero attached hydrogens (tertiary/aromatic N) is 1. The molecular weight excluding hydrogens is 300 g/mol. The summed E-state index contributed by atoms with van der Waals surface area (Å²) in [6.45, 7) is 1.52. The predicted octanol–water partition coefficient (Wildman–Crippen LogP) is 2.46.